The van der Waals surface area contributed by atoms with Crippen LogP contribution in [0.4, 0.5) is 11.4 Å². The van der Waals surface area contributed by atoms with Crippen molar-refractivity contribution < 1.29 is 14.3 Å². The first-order valence-electron chi connectivity index (χ1n) is 9.67. The van der Waals surface area contributed by atoms with Gasteiger partial charge in [0.15, 0.2) is 5.78 Å². The van der Waals surface area contributed by atoms with Gasteiger partial charge in [-0.25, -0.2) is 0 Å². The molecular weight excluding hydrogens is 390 g/mol. The molecule has 0 unspecified atom stereocenters. The van der Waals surface area contributed by atoms with Crippen molar-refractivity contribution in [1.29, 1.82) is 0 Å². The predicted octanol–water partition coefficient (Wildman–Crippen LogP) is 3.80. The molecule has 1 amide bonds. The summed E-state index contributed by atoms with van der Waals surface area (Å²) >= 11 is 5.99. The van der Waals surface area contributed by atoms with Crippen LogP contribution >= 0.6 is 11.6 Å². The fourth-order valence-electron chi connectivity index (χ4n) is 3.73. The molecular formula is C22H26ClN3O3. The highest BCUT2D eigenvalue weighted by Crippen LogP contribution is 2.39. The maximum absolute atomic E-state index is 12.5. The van der Waals surface area contributed by atoms with Crippen LogP contribution in [0, 0.1) is 0 Å². The molecule has 1 aliphatic heterocycles. The molecule has 2 atom stereocenters. The molecule has 3 N–H and O–H groups in total. The largest absolute Gasteiger partial charge is 0.378 e. The molecule has 0 saturated heterocycles. The minimum Gasteiger partial charge on any atom is -0.378 e. The average Bonchev–Trinajstić information content (AvgIpc) is 2.69. The van der Waals surface area contributed by atoms with Crippen molar-refractivity contribution in [2.45, 2.75) is 32.4 Å². The number of hydrogen-bond acceptors (Lipinski definition) is 5. The van der Waals surface area contributed by atoms with E-state index in [1.807, 2.05) is 43.3 Å². The number of nitrogens with zero attached hydrogens (tertiary/aromatic N) is 1. The molecule has 1 aliphatic rings. The van der Waals surface area contributed by atoms with Crippen molar-refractivity contribution in [2.24, 2.45) is 5.73 Å². The Morgan fingerprint density at radius 2 is 1.97 bits per heavy atom. The van der Waals surface area contributed by atoms with Crippen LogP contribution in [0.2, 0.25) is 5.02 Å². The number of nitrogens with two attached hydrogens (primary N) is 1. The van der Waals surface area contributed by atoms with Gasteiger partial charge in [0, 0.05) is 41.5 Å². The van der Waals surface area contributed by atoms with Crippen molar-refractivity contribution in [1.82, 2.24) is 0 Å². The van der Waals surface area contributed by atoms with Gasteiger partial charge in [-0.05, 0) is 61.4 Å². The third-order valence-electron chi connectivity index (χ3n) is 5.02. The van der Waals surface area contributed by atoms with Gasteiger partial charge in [0.05, 0.1) is 12.6 Å². The highest BCUT2D eigenvalue weighted by Gasteiger charge is 2.33. The summed E-state index contributed by atoms with van der Waals surface area (Å²) in [5.74, 6) is -0.131. The summed E-state index contributed by atoms with van der Waals surface area (Å²) in [6.45, 7) is 4.29. The van der Waals surface area contributed by atoms with Gasteiger partial charge in [0.25, 0.3) is 0 Å². The number of halogens is 1. The third kappa shape index (κ3) is 4.96. The number of ether oxygens (including phenoxy) is 1. The minimum absolute atomic E-state index is 0.0158. The van der Waals surface area contributed by atoms with Crippen molar-refractivity contribution in [3.8, 4) is 0 Å². The van der Waals surface area contributed by atoms with Gasteiger partial charge in [-0.15, -0.1) is 0 Å². The van der Waals surface area contributed by atoms with Crippen molar-refractivity contribution in [3.63, 3.8) is 0 Å². The maximum atomic E-state index is 12.5. The molecule has 0 aliphatic carbocycles. The number of anilines is 2. The molecule has 0 bridgehead atoms. The van der Waals surface area contributed by atoms with Crippen LogP contribution in [0.1, 0.15) is 42.2 Å². The second-order valence-corrected chi connectivity index (χ2v) is 7.65. The van der Waals surface area contributed by atoms with Gasteiger partial charge in [-0.3, -0.25) is 9.59 Å². The smallest absolute Gasteiger partial charge is 0.224 e. The second-order valence-electron chi connectivity index (χ2n) is 7.22. The summed E-state index contributed by atoms with van der Waals surface area (Å²) < 4.78 is 5.29. The van der Waals surface area contributed by atoms with Crippen molar-refractivity contribution in [3.05, 3.63) is 58.6 Å². The summed E-state index contributed by atoms with van der Waals surface area (Å²) in [7, 11) is 0. The number of Topliss-reactive ketones (excluding diaryl/α,β-unsaturated/α-hetero) is 1. The van der Waals surface area contributed by atoms with Gasteiger partial charge in [-0.1, -0.05) is 11.6 Å². The Kier molecular flexibility index (Phi) is 6.90. The van der Waals surface area contributed by atoms with E-state index in [2.05, 4.69) is 5.32 Å². The van der Waals surface area contributed by atoms with Crippen LogP contribution in [0.25, 0.3) is 0 Å². The molecule has 2 aromatic carbocycles. The highest BCUT2D eigenvalue weighted by molar-refractivity contribution is 6.30. The lowest BCUT2D eigenvalue weighted by Crippen LogP contribution is -2.43. The molecule has 0 radical (unpaired) electrons. The number of benzene rings is 2. The number of hydrogen-bond donors (Lipinski definition) is 2. The quantitative estimate of drug-likeness (QED) is 0.530. The summed E-state index contributed by atoms with van der Waals surface area (Å²) in [4.78, 5) is 26.6. The Balaban J connectivity index is 1.94. The number of fused-ring (bicyclic) bond motifs is 1. The van der Waals surface area contributed by atoms with E-state index in [-0.39, 0.29) is 30.4 Å². The van der Waals surface area contributed by atoms with Crippen LogP contribution in [0.15, 0.2) is 42.5 Å². The summed E-state index contributed by atoms with van der Waals surface area (Å²) in [5.41, 5.74) is 8.63. The number of carbonyl (C=O) groups excluding carboxylic acids is 2. The Labute approximate surface area is 176 Å². The van der Waals surface area contributed by atoms with Gasteiger partial charge in [-0.2, -0.15) is 0 Å². The monoisotopic (exact) mass is 415 g/mol. The number of ketones is 1. The Morgan fingerprint density at radius 3 is 2.62 bits per heavy atom. The molecule has 2 aromatic rings. The van der Waals surface area contributed by atoms with Crippen LogP contribution in [-0.2, 0) is 9.53 Å². The average molecular weight is 416 g/mol. The van der Waals surface area contributed by atoms with Crippen LogP contribution in [0.3, 0.4) is 0 Å². The normalized spacial score (nSPS) is 18.3. The fourth-order valence-corrected chi connectivity index (χ4v) is 3.86. The van der Waals surface area contributed by atoms with Gasteiger partial charge < -0.3 is 20.7 Å². The van der Waals surface area contributed by atoms with Gasteiger partial charge >= 0.3 is 0 Å². The Bertz CT molecular complexity index is 885. The van der Waals surface area contributed by atoms with E-state index >= 15 is 0 Å². The maximum Gasteiger partial charge on any atom is 0.224 e. The van der Waals surface area contributed by atoms with E-state index in [0.29, 0.717) is 23.7 Å². The molecule has 0 aromatic heterocycles. The predicted molar refractivity (Wildman–Crippen MR) is 116 cm³/mol. The molecule has 1 heterocycles. The van der Waals surface area contributed by atoms with Crippen molar-refractivity contribution in [2.75, 3.05) is 30.0 Å². The van der Waals surface area contributed by atoms with Gasteiger partial charge in [0.1, 0.15) is 6.61 Å². The van der Waals surface area contributed by atoms with E-state index in [9.17, 15) is 9.59 Å². The van der Waals surface area contributed by atoms with Crippen LogP contribution < -0.4 is 16.0 Å². The van der Waals surface area contributed by atoms with E-state index in [0.717, 1.165) is 23.4 Å². The first-order chi connectivity index (χ1) is 13.9. The summed E-state index contributed by atoms with van der Waals surface area (Å²) in [5, 5.41) is 4.18. The van der Waals surface area contributed by atoms with E-state index < -0.39 is 0 Å². The molecule has 0 fully saturated rings. The van der Waals surface area contributed by atoms with E-state index in [4.69, 9.17) is 22.1 Å². The zero-order valence-electron chi connectivity index (χ0n) is 16.7. The lowest BCUT2D eigenvalue weighted by molar-refractivity contribution is -0.117. The van der Waals surface area contributed by atoms with Crippen LogP contribution in [0.5, 0.6) is 0 Å². The molecule has 0 spiro atoms. The highest BCUT2D eigenvalue weighted by atomic mass is 35.5. The number of carbonyl (C=O) groups is 2. The zero-order chi connectivity index (χ0) is 21.0. The zero-order valence-corrected chi connectivity index (χ0v) is 17.4. The summed E-state index contributed by atoms with van der Waals surface area (Å²) in [6, 6.07) is 12.9. The number of rotatable bonds is 7. The third-order valence-corrected chi connectivity index (χ3v) is 5.27. The second kappa shape index (κ2) is 9.39. The van der Waals surface area contributed by atoms with Gasteiger partial charge in [0.2, 0.25) is 5.91 Å². The van der Waals surface area contributed by atoms with E-state index in [1.165, 1.54) is 0 Å². The fraction of sp³-hybridized carbons (Fsp3) is 0.364. The Morgan fingerprint density at radius 1 is 1.24 bits per heavy atom. The molecule has 29 heavy (non-hydrogen) atoms. The SMILES string of the molecule is CC(=O)N1c2ccc(C(=O)COCCN)cc2[C@H](Nc2ccc(Cl)cc2)C[C@@H]1C. The molecule has 6 nitrogen and oxygen atoms in total. The van der Waals surface area contributed by atoms with Crippen LogP contribution in [-0.4, -0.2) is 37.5 Å². The molecule has 154 valence electrons. The minimum atomic E-state index is -0.112. The first kappa shape index (κ1) is 21.3. The van der Waals surface area contributed by atoms with E-state index in [1.54, 1.807) is 17.9 Å². The lowest BCUT2D eigenvalue weighted by atomic mass is 9.89. The molecule has 7 heteroatoms. The standard InChI is InChI=1S/C22H26ClN3O3/c1-14-11-20(25-18-6-4-17(23)5-7-18)19-12-16(22(28)13-29-10-9-24)3-8-21(19)26(14)15(2)27/h3-8,12,14,20,25H,9-11,13,24H2,1-2H3/t14-,20+/m0/s1. The van der Waals surface area contributed by atoms with Crippen molar-refractivity contribution >= 4 is 34.7 Å². The topological polar surface area (TPSA) is 84.7 Å². The molecule has 0 saturated carbocycles. The number of nitrogens with one attached hydrogen (secondary N) is 1. The Hall–Kier alpha value is -2.41. The lowest BCUT2D eigenvalue weighted by Gasteiger charge is -2.39. The summed E-state index contributed by atoms with van der Waals surface area (Å²) in [6.07, 6.45) is 0.719. The first-order valence-corrected chi connectivity index (χ1v) is 10.1. The molecule has 3 rings (SSSR count). The number of amides is 1.